The molecular weight excluding hydrogens is 358 g/mol. The van der Waals surface area contributed by atoms with Gasteiger partial charge in [0.25, 0.3) is 0 Å². The molecule has 2 amide bonds. The van der Waals surface area contributed by atoms with Gasteiger partial charge in [-0.15, -0.1) is 0 Å². The van der Waals surface area contributed by atoms with Crippen molar-refractivity contribution in [2.24, 2.45) is 5.14 Å². The molecule has 1 heterocycles. The van der Waals surface area contributed by atoms with Gasteiger partial charge in [0.15, 0.2) is 0 Å². The largest absolute Gasteiger partial charge is 0.331 e. The minimum absolute atomic E-state index is 0.0924. The van der Waals surface area contributed by atoms with Crippen LogP contribution in [0, 0.1) is 0 Å². The molecule has 1 unspecified atom stereocenters. The molecule has 1 aromatic heterocycles. The summed E-state index contributed by atoms with van der Waals surface area (Å²) in [5.74, 6) is 0. The van der Waals surface area contributed by atoms with E-state index in [1.54, 1.807) is 31.2 Å². The first-order valence-corrected chi connectivity index (χ1v) is 9.19. The number of hydrogen-bond donors (Lipinski definition) is 5. The van der Waals surface area contributed by atoms with E-state index in [2.05, 4.69) is 20.6 Å². The average molecular weight is 375 g/mol. The maximum atomic E-state index is 12.2. The van der Waals surface area contributed by atoms with E-state index in [0.717, 1.165) is 5.56 Å². The van der Waals surface area contributed by atoms with Crippen molar-refractivity contribution in [1.82, 2.24) is 15.3 Å². The molecule has 3 rings (SSSR count). The van der Waals surface area contributed by atoms with Crippen LogP contribution < -0.4 is 21.5 Å². The van der Waals surface area contributed by atoms with E-state index in [1.165, 1.54) is 18.2 Å². The van der Waals surface area contributed by atoms with Gasteiger partial charge in [0.1, 0.15) is 0 Å². The zero-order valence-electron chi connectivity index (χ0n) is 13.7. The van der Waals surface area contributed by atoms with Crippen molar-refractivity contribution in [1.29, 1.82) is 0 Å². The number of fused-ring (bicyclic) bond motifs is 1. The minimum atomic E-state index is -3.85. The summed E-state index contributed by atoms with van der Waals surface area (Å²) >= 11 is 0. The van der Waals surface area contributed by atoms with Gasteiger partial charge in [-0.25, -0.2) is 23.1 Å². The second-order valence-electron chi connectivity index (χ2n) is 5.78. The summed E-state index contributed by atoms with van der Waals surface area (Å²) in [6.07, 6.45) is 0. The lowest BCUT2D eigenvalue weighted by atomic mass is 10.1. The molecular formula is C16H17N5O4S. The Balaban J connectivity index is 1.71. The van der Waals surface area contributed by atoms with Gasteiger partial charge in [-0.1, -0.05) is 12.1 Å². The minimum Gasteiger partial charge on any atom is -0.331 e. The number of nitrogens with two attached hydrogens (primary N) is 1. The number of carbonyl (C=O) groups is 1. The number of anilines is 1. The molecule has 0 fully saturated rings. The summed E-state index contributed by atoms with van der Waals surface area (Å²) in [6.45, 7) is 1.78. The number of amides is 2. The summed E-state index contributed by atoms with van der Waals surface area (Å²) < 4.78 is 22.7. The number of carbonyl (C=O) groups excluding carboxylic acids is 1. The molecule has 0 radical (unpaired) electrons. The highest BCUT2D eigenvalue weighted by Gasteiger charge is 2.13. The third-order valence-electron chi connectivity index (χ3n) is 3.81. The van der Waals surface area contributed by atoms with Gasteiger partial charge in [0.05, 0.1) is 22.0 Å². The number of urea groups is 1. The van der Waals surface area contributed by atoms with Crippen LogP contribution in [0.25, 0.3) is 11.0 Å². The van der Waals surface area contributed by atoms with Gasteiger partial charge < -0.3 is 20.6 Å². The number of nitrogens with one attached hydrogen (secondary N) is 4. The monoisotopic (exact) mass is 375 g/mol. The second kappa shape index (κ2) is 6.65. The Morgan fingerprint density at radius 3 is 2.58 bits per heavy atom. The van der Waals surface area contributed by atoms with Crippen molar-refractivity contribution in [2.45, 2.75) is 17.9 Å². The van der Waals surface area contributed by atoms with Crippen molar-refractivity contribution in [3.05, 3.63) is 58.5 Å². The quantitative estimate of drug-likeness (QED) is 0.468. The molecule has 1 atom stereocenters. The summed E-state index contributed by atoms with van der Waals surface area (Å²) in [7, 11) is -3.85. The second-order valence-corrected chi connectivity index (χ2v) is 7.34. The van der Waals surface area contributed by atoms with E-state index in [0.29, 0.717) is 16.7 Å². The van der Waals surface area contributed by atoms with E-state index in [9.17, 15) is 18.0 Å². The van der Waals surface area contributed by atoms with Crippen molar-refractivity contribution in [2.75, 3.05) is 5.32 Å². The summed E-state index contributed by atoms with van der Waals surface area (Å²) in [4.78, 5) is 28.7. The molecule has 0 aliphatic rings. The van der Waals surface area contributed by atoms with Crippen molar-refractivity contribution < 1.29 is 13.2 Å². The molecule has 0 aliphatic heterocycles. The number of hydrogen-bond acceptors (Lipinski definition) is 4. The SMILES string of the molecule is CC(NC(=O)Nc1cccc(S(N)(=O)=O)c1)c1ccc2[nH]c(=O)[nH]c2c1. The highest BCUT2D eigenvalue weighted by molar-refractivity contribution is 7.89. The number of benzene rings is 2. The zero-order chi connectivity index (χ0) is 18.9. The molecule has 0 bridgehead atoms. The molecule has 10 heteroatoms. The zero-order valence-corrected chi connectivity index (χ0v) is 14.6. The van der Waals surface area contributed by atoms with E-state index >= 15 is 0 Å². The molecule has 26 heavy (non-hydrogen) atoms. The topological polar surface area (TPSA) is 150 Å². The maximum absolute atomic E-state index is 12.2. The fourth-order valence-electron chi connectivity index (χ4n) is 2.52. The molecule has 0 aliphatic carbocycles. The van der Waals surface area contributed by atoms with Gasteiger partial charge >= 0.3 is 11.7 Å². The standard InChI is InChI=1S/C16H17N5O4S/c1-9(10-5-6-13-14(7-10)21-16(23)20-13)18-15(22)19-11-3-2-4-12(8-11)26(17,24)25/h2-9H,1H3,(H2,17,24,25)(H2,18,19,22)(H2,20,21,23). The number of imidazole rings is 1. The average Bonchev–Trinajstić information content (AvgIpc) is 2.93. The van der Waals surface area contributed by atoms with E-state index in [4.69, 9.17) is 5.14 Å². The summed E-state index contributed by atoms with van der Waals surface area (Å²) in [5.41, 5.74) is 2.11. The fourth-order valence-corrected chi connectivity index (χ4v) is 3.08. The van der Waals surface area contributed by atoms with Gasteiger partial charge in [0, 0.05) is 5.69 Å². The van der Waals surface area contributed by atoms with Crippen LogP contribution in [-0.2, 0) is 10.0 Å². The Morgan fingerprint density at radius 1 is 1.12 bits per heavy atom. The van der Waals surface area contributed by atoms with Crippen LogP contribution in [0.4, 0.5) is 10.5 Å². The molecule has 6 N–H and O–H groups in total. The van der Waals surface area contributed by atoms with Gasteiger partial charge in [-0.05, 0) is 42.8 Å². The highest BCUT2D eigenvalue weighted by atomic mass is 32.2. The Labute approximate surface area is 148 Å². The normalized spacial score (nSPS) is 12.7. The summed E-state index contributed by atoms with van der Waals surface area (Å²) in [5, 5.41) is 10.4. The molecule has 136 valence electrons. The van der Waals surface area contributed by atoms with Crippen LogP contribution in [-0.4, -0.2) is 24.4 Å². The van der Waals surface area contributed by atoms with Crippen LogP contribution >= 0.6 is 0 Å². The third-order valence-corrected chi connectivity index (χ3v) is 4.72. The van der Waals surface area contributed by atoms with E-state index in [1.807, 2.05) is 0 Å². The van der Waals surface area contributed by atoms with Crippen LogP contribution in [0.5, 0.6) is 0 Å². The third kappa shape index (κ3) is 3.92. The smallest absolute Gasteiger partial charge is 0.323 e. The maximum Gasteiger partial charge on any atom is 0.323 e. The van der Waals surface area contributed by atoms with Crippen LogP contribution in [0.3, 0.4) is 0 Å². The predicted octanol–water partition coefficient (Wildman–Crippen LogP) is 1.39. The predicted molar refractivity (Wildman–Crippen MR) is 97.3 cm³/mol. The van der Waals surface area contributed by atoms with Gasteiger partial charge in [-0.2, -0.15) is 0 Å². The molecule has 0 saturated carbocycles. The van der Waals surface area contributed by atoms with Gasteiger partial charge in [0.2, 0.25) is 10.0 Å². The van der Waals surface area contributed by atoms with Gasteiger partial charge in [-0.3, -0.25) is 0 Å². The Morgan fingerprint density at radius 2 is 1.85 bits per heavy atom. The molecule has 0 spiro atoms. The first-order valence-electron chi connectivity index (χ1n) is 7.65. The number of rotatable bonds is 4. The number of H-pyrrole nitrogens is 2. The molecule has 3 aromatic rings. The van der Waals surface area contributed by atoms with E-state index in [-0.39, 0.29) is 16.6 Å². The lowest BCUT2D eigenvalue weighted by molar-refractivity contribution is 0.249. The first-order chi connectivity index (χ1) is 12.2. The Bertz CT molecular complexity index is 1130. The lowest BCUT2D eigenvalue weighted by Crippen LogP contribution is -2.31. The van der Waals surface area contributed by atoms with Crippen molar-refractivity contribution in [3.8, 4) is 0 Å². The first kappa shape index (κ1) is 17.7. The fraction of sp³-hybridized carbons (Fsp3) is 0.125. The van der Waals surface area contributed by atoms with E-state index < -0.39 is 16.1 Å². The number of aromatic amines is 2. The molecule has 2 aromatic carbocycles. The molecule has 9 nitrogen and oxygen atoms in total. The highest BCUT2D eigenvalue weighted by Crippen LogP contribution is 2.18. The van der Waals surface area contributed by atoms with Crippen molar-refractivity contribution in [3.63, 3.8) is 0 Å². The Kier molecular flexibility index (Phi) is 4.53. The molecule has 0 saturated heterocycles. The lowest BCUT2D eigenvalue weighted by Gasteiger charge is -2.15. The summed E-state index contributed by atoms with van der Waals surface area (Å²) in [6, 6.07) is 10.1. The number of aromatic nitrogens is 2. The van der Waals surface area contributed by atoms with Crippen molar-refractivity contribution >= 4 is 32.8 Å². The van der Waals surface area contributed by atoms with Crippen LogP contribution in [0.1, 0.15) is 18.5 Å². The number of sulfonamides is 1. The number of primary sulfonamides is 1. The van der Waals surface area contributed by atoms with Crippen LogP contribution in [0.15, 0.2) is 52.2 Å². The van der Waals surface area contributed by atoms with Crippen LogP contribution in [0.2, 0.25) is 0 Å². The Hall–Kier alpha value is -3.11.